The van der Waals surface area contributed by atoms with Crippen molar-refractivity contribution < 1.29 is 32.3 Å². The molecule has 0 heterocycles. The zero-order valence-corrected chi connectivity index (χ0v) is 15.2. The van der Waals surface area contributed by atoms with Crippen LogP contribution >= 0.6 is 0 Å². The second kappa shape index (κ2) is 8.41. The minimum absolute atomic E-state index is 0.0818. The summed E-state index contributed by atoms with van der Waals surface area (Å²) in [6, 6.07) is 8.74. The molecule has 1 amide bonds. The molecule has 0 aliphatic rings. The Hall–Kier alpha value is -2.90. The lowest BCUT2D eigenvalue weighted by molar-refractivity contribution is -0.146. The average molecular weight is 397 g/mol. The molecule has 1 unspecified atom stereocenters. The zero-order valence-electron chi connectivity index (χ0n) is 15.2. The Morgan fingerprint density at radius 3 is 2.18 bits per heavy atom. The lowest BCUT2D eigenvalue weighted by atomic mass is 9.95. The van der Waals surface area contributed by atoms with Crippen molar-refractivity contribution in [2.75, 3.05) is 4.90 Å². The second-order valence-electron chi connectivity index (χ2n) is 6.57. The van der Waals surface area contributed by atoms with Gasteiger partial charge in [0.2, 0.25) is 5.91 Å². The van der Waals surface area contributed by atoms with Crippen molar-refractivity contribution in [3.63, 3.8) is 0 Å². The van der Waals surface area contributed by atoms with Gasteiger partial charge in [0, 0.05) is 11.7 Å². The smallest absolute Gasteiger partial charge is 0.416 e. The Morgan fingerprint density at radius 2 is 1.68 bits per heavy atom. The maximum absolute atomic E-state index is 13.2. The van der Waals surface area contributed by atoms with Crippen molar-refractivity contribution >= 4 is 17.6 Å². The van der Waals surface area contributed by atoms with E-state index in [1.165, 1.54) is 29.2 Å². The Morgan fingerprint density at radius 1 is 1.07 bits per heavy atom. The highest BCUT2D eigenvalue weighted by Crippen LogP contribution is 2.30. The molecule has 8 heteroatoms. The van der Waals surface area contributed by atoms with Crippen molar-refractivity contribution in [1.82, 2.24) is 0 Å². The standard InChI is InChI=1S/C20H19F4NO3/c1-12(2)25(16-8-6-15(21)7-9-16)18(26)17(19(27)28)11-13-4-3-5-14(10-13)20(22,23)24/h3-10,12,17H,11H2,1-2H3,(H,27,28). The number of anilines is 1. The summed E-state index contributed by atoms with van der Waals surface area (Å²) >= 11 is 0. The molecular weight excluding hydrogens is 378 g/mol. The molecule has 0 aromatic heterocycles. The highest BCUT2D eigenvalue weighted by molar-refractivity contribution is 6.06. The largest absolute Gasteiger partial charge is 0.481 e. The van der Waals surface area contributed by atoms with Crippen LogP contribution in [-0.4, -0.2) is 23.0 Å². The van der Waals surface area contributed by atoms with Gasteiger partial charge in [-0.15, -0.1) is 0 Å². The molecule has 2 aromatic carbocycles. The number of carboxylic acids is 1. The first-order chi connectivity index (χ1) is 13.0. The SMILES string of the molecule is CC(C)N(C(=O)C(Cc1cccc(C(F)(F)F)c1)C(=O)O)c1ccc(F)cc1. The summed E-state index contributed by atoms with van der Waals surface area (Å²) in [7, 11) is 0. The van der Waals surface area contributed by atoms with Crippen LogP contribution < -0.4 is 4.90 Å². The first kappa shape index (κ1) is 21.4. The first-order valence-electron chi connectivity index (χ1n) is 8.48. The topological polar surface area (TPSA) is 57.6 Å². The molecule has 0 fully saturated rings. The molecule has 0 aliphatic heterocycles. The fraction of sp³-hybridized carbons (Fsp3) is 0.300. The molecular formula is C20H19F4NO3. The molecule has 2 rings (SSSR count). The van der Waals surface area contributed by atoms with Crippen LogP contribution in [0.2, 0.25) is 0 Å². The Balaban J connectivity index is 2.35. The number of carbonyl (C=O) groups is 2. The lowest BCUT2D eigenvalue weighted by Crippen LogP contribution is -2.44. The van der Waals surface area contributed by atoms with E-state index in [4.69, 9.17) is 0 Å². The predicted octanol–water partition coefficient (Wildman–Crippen LogP) is 4.53. The van der Waals surface area contributed by atoms with Gasteiger partial charge >= 0.3 is 12.1 Å². The van der Waals surface area contributed by atoms with E-state index < -0.39 is 47.8 Å². The molecule has 28 heavy (non-hydrogen) atoms. The van der Waals surface area contributed by atoms with Crippen molar-refractivity contribution in [3.05, 3.63) is 65.5 Å². The monoisotopic (exact) mass is 397 g/mol. The highest BCUT2D eigenvalue weighted by atomic mass is 19.4. The number of carboxylic acid groups (broad SMARTS) is 1. The summed E-state index contributed by atoms with van der Waals surface area (Å²) in [5.74, 6) is -4.34. The summed E-state index contributed by atoms with van der Waals surface area (Å²) in [4.78, 5) is 25.8. The van der Waals surface area contributed by atoms with E-state index in [1.807, 2.05) is 0 Å². The Kier molecular flexibility index (Phi) is 6.43. The summed E-state index contributed by atoms with van der Waals surface area (Å²) < 4.78 is 51.8. The molecule has 1 atom stereocenters. The van der Waals surface area contributed by atoms with Crippen LogP contribution in [0.25, 0.3) is 0 Å². The van der Waals surface area contributed by atoms with E-state index in [2.05, 4.69) is 0 Å². The molecule has 0 spiro atoms. The number of amides is 1. The number of aliphatic carboxylic acids is 1. The van der Waals surface area contributed by atoms with Gasteiger partial charge in [0.15, 0.2) is 0 Å². The van der Waals surface area contributed by atoms with Crippen LogP contribution in [0.15, 0.2) is 48.5 Å². The minimum Gasteiger partial charge on any atom is -0.481 e. The summed E-state index contributed by atoms with van der Waals surface area (Å²) in [5.41, 5.74) is -0.532. The van der Waals surface area contributed by atoms with Gasteiger partial charge in [-0.3, -0.25) is 9.59 Å². The van der Waals surface area contributed by atoms with Crippen molar-refractivity contribution in [1.29, 1.82) is 0 Å². The molecule has 0 radical (unpaired) electrons. The number of rotatable bonds is 6. The zero-order chi connectivity index (χ0) is 21.1. The second-order valence-corrected chi connectivity index (χ2v) is 6.57. The third kappa shape index (κ3) is 5.09. The van der Waals surface area contributed by atoms with E-state index in [0.717, 1.165) is 24.3 Å². The van der Waals surface area contributed by atoms with Crippen LogP contribution in [0.5, 0.6) is 0 Å². The van der Waals surface area contributed by atoms with Gasteiger partial charge in [-0.05, 0) is 56.2 Å². The fourth-order valence-corrected chi connectivity index (χ4v) is 2.84. The molecule has 150 valence electrons. The average Bonchev–Trinajstić information content (AvgIpc) is 2.60. The summed E-state index contributed by atoms with van der Waals surface area (Å²) in [6.45, 7) is 3.31. The number of nitrogens with zero attached hydrogens (tertiary/aromatic N) is 1. The third-order valence-corrected chi connectivity index (χ3v) is 4.15. The van der Waals surface area contributed by atoms with Gasteiger partial charge in [-0.2, -0.15) is 13.2 Å². The normalized spacial score (nSPS) is 12.7. The van der Waals surface area contributed by atoms with Crippen LogP contribution in [0.3, 0.4) is 0 Å². The summed E-state index contributed by atoms with van der Waals surface area (Å²) in [6.07, 6.45) is -4.97. The van der Waals surface area contributed by atoms with Gasteiger partial charge in [-0.1, -0.05) is 18.2 Å². The molecule has 4 nitrogen and oxygen atoms in total. The minimum atomic E-state index is -4.57. The maximum Gasteiger partial charge on any atom is 0.416 e. The van der Waals surface area contributed by atoms with Crippen LogP contribution in [0.4, 0.5) is 23.2 Å². The van der Waals surface area contributed by atoms with Crippen molar-refractivity contribution in [2.24, 2.45) is 5.92 Å². The van der Waals surface area contributed by atoms with Gasteiger partial charge in [0.1, 0.15) is 11.7 Å². The quantitative estimate of drug-likeness (QED) is 0.576. The number of halogens is 4. The van der Waals surface area contributed by atoms with E-state index in [0.29, 0.717) is 5.69 Å². The Labute approximate surface area is 159 Å². The molecule has 2 aromatic rings. The molecule has 0 bridgehead atoms. The molecule has 0 aliphatic carbocycles. The fourth-order valence-electron chi connectivity index (χ4n) is 2.84. The number of carbonyl (C=O) groups excluding carboxylic acids is 1. The van der Waals surface area contributed by atoms with Crippen LogP contribution in [0.1, 0.15) is 25.0 Å². The first-order valence-corrected chi connectivity index (χ1v) is 8.48. The van der Waals surface area contributed by atoms with E-state index in [9.17, 15) is 32.3 Å². The van der Waals surface area contributed by atoms with Gasteiger partial charge in [0.05, 0.1) is 5.56 Å². The number of hydrogen-bond donors (Lipinski definition) is 1. The maximum atomic E-state index is 13.2. The lowest BCUT2D eigenvalue weighted by Gasteiger charge is -2.29. The number of alkyl halides is 3. The van der Waals surface area contributed by atoms with Crippen LogP contribution in [0, 0.1) is 11.7 Å². The van der Waals surface area contributed by atoms with Gasteiger partial charge in [-0.25, -0.2) is 4.39 Å². The van der Waals surface area contributed by atoms with E-state index in [1.54, 1.807) is 13.8 Å². The van der Waals surface area contributed by atoms with Gasteiger partial charge in [0.25, 0.3) is 0 Å². The van der Waals surface area contributed by atoms with Crippen molar-refractivity contribution in [3.8, 4) is 0 Å². The molecule has 1 N–H and O–H groups in total. The van der Waals surface area contributed by atoms with Gasteiger partial charge < -0.3 is 10.0 Å². The van der Waals surface area contributed by atoms with Crippen LogP contribution in [-0.2, 0) is 22.2 Å². The van der Waals surface area contributed by atoms with Crippen molar-refractivity contribution in [2.45, 2.75) is 32.5 Å². The third-order valence-electron chi connectivity index (χ3n) is 4.15. The molecule has 0 saturated heterocycles. The highest BCUT2D eigenvalue weighted by Gasteiger charge is 2.34. The predicted molar refractivity (Wildman–Crippen MR) is 95.3 cm³/mol. The Bertz CT molecular complexity index is 847. The van der Waals surface area contributed by atoms with E-state index >= 15 is 0 Å². The number of benzene rings is 2. The number of hydrogen-bond acceptors (Lipinski definition) is 2. The van der Waals surface area contributed by atoms with E-state index in [-0.39, 0.29) is 5.56 Å². The molecule has 0 saturated carbocycles. The summed E-state index contributed by atoms with van der Waals surface area (Å²) in [5, 5.41) is 9.53.